The van der Waals surface area contributed by atoms with Crippen LogP contribution in [0.4, 0.5) is 0 Å². The van der Waals surface area contributed by atoms with Gasteiger partial charge in [0.25, 0.3) is 5.97 Å². The molecule has 4 N–H and O–H groups in total. The third kappa shape index (κ3) is 22.6. The number of hydrogen-bond donors (Lipinski definition) is 2. The molecule has 4 nitrogen and oxygen atoms in total. The van der Waals surface area contributed by atoms with Gasteiger partial charge < -0.3 is 18.2 Å². The van der Waals surface area contributed by atoms with Crippen LogP contribution in [-0.4, -0.2) is 39.6 Å². The maximum atomic E-state index is 9.00. The van der Waals surface area contributed by atoms with Crippen LogP contribution in [0.2, 0.25) is 0 Å². The van der Waals surface area contributed by atoms with Gasteiger partial charge in [-0.3, -0.25) is 4.79 Å². The molecule has 1 rings (SSSR count). The molecule has 0 aromatic carbocycles. The van der Waals surface area contributed by atoms with E-state index in [1.165, 1.54) is 0 Å². The van der Waals surface area contributed by atoms with Gasteiger partial charge in [0.05, 0.1) is 0 Å². The first-order valence-electron chi connectivity index (χ1n) is 2.66. The van der Waals surface area contributed by atoms with E-state index in [1.807, 2.05) is 23.8 Å². The number of nitrogens with one attached hydrogen (secondary N) is 1. The number of carbonyl (C=O) groups is 1. The summed E-state index contributed by atoms with van der Waals surface area (Å²) in [5.41, 5.74) is 0. The third-order valence-electron chi connectivity index (χ3n) is 0.490. The molecule has 0 fully saturated rings. The predicted molar refractivity (Wildman–Crippen MR) is 53.9 cm³/mol. The molecule has 0 aromatic rings. The summed E-state index contributed by atoms with van der Waals surface area (Å²) in [4.78, 5) is 9.00. The Morgan fingerprint density at radius 1 is 1.58 bits per heavy atom. The van der Waals surface area contributed by atoms with Gasteiger partial charge in [-0.05, 0) is 23.4 Å². The Balaban J connectivity index is -0.0000000315. The van der Waals surface area contributed by atoms with Crippen molar-refractivity contribution >= 4 is 41.0 Å². The molecule has 1 aliphatic heterocycles. The van der Waals surface area contributed by atoms with Crippen molar-refractivity contribution in [3.63, 3.8) is 0 Å². The first-order valence-corrected chi connectivity index (χ1v) is 3.54. The molecule has 68 valence electrons. The molecule has 12 heavy (non-hydrogen) atoms. The molecule has 0 amide bonds. The van der Waals surface area contributed by atoms with Gasteiger partial charge in [-0.25, -0.2) is 0 Å². The molecule has 0 aliphatic carbocycles. The molecule has 0 bridgehead atoms. The number of carboxylic acid groups (broad SMARTS) is 1. The summed E-state index contributed by atoms with van der Waals surface area (Å²) < 4.78 is 2.93. The summed E-state index contributed by atoms with van der Waals surface area (Å²) in [6.45, 7) is 1.08. The normalized spacial score (nSPS) is 10.8. The number of hydrogen-bond acceptors (Lipinski definition) is 3. The Labute approximate surface area is 94.7 Å². The fraction of sp³-hybridized carbons (Fsp3) is 0.167. The van der Waals surface area contributed by atoms with Gasteiger partial charge in [0.15, 0.2) is 0 Å². The fourth-order valence-corrected chi connectivity index (χ4v) is 0.663. The van der Waals surface area contributed by atoms with Crippen LogP contribution in [0, 0.1) is 0 Å². The molecule has 1 aliphatic rings. The number of aliphatic carboxylic acids is 1. The van der Waals surface area contributed by atoms with Crippen molar-refractivity contribution in [2.45, 2.75) is 6.92 Å². The van der Waals surface area contributed by atoms with Gasteiger partial charge in [0.2, 0.25) is 0 Å². The molecular formula is C6H13MgNO3S. The van der Waals surface area contributed by atoms with E-state index < -0.39 is 5.97 Å². The van der Waals surface area contributed by atoms with E-state index in [4.69, 9.17) is 9.90 Å². The molecule has 1 heterocycles. The van der Waals surface area contributed by atoms with Crippen LogP contribution >= 0.6 is 11.9 Å². The zero-order valence-electron chi connectivity index (χ0n) is 8.78. The SMILES string of the molecule is C1=CNSC=C1.CC(=O)O.O.[H-].[H-].[Mg+2]. The molecule has 6 heteroatoms. The number of allylic oxidation sites excluding steroid dienone is 2. The van der Waals surface area contributed by atoms with Crippen molar-refractivity contribution in [1.29, 1.82) is 0 Å². The van der Waals surface area contributed by atoms with Crippen molar-refractivity contribution in [2.75, 3.05) is 0 Å². The Kier molecular flexibility index (Phi) is 19.9. The second kappa shape index (κ2) is 13.4. The molecule has 0 saturated carbocycles. The Hall–Kier alpha value is -0.174. The van der Waals surface area contributed by atoms with E-state index in [1.54, 1.807) is 11.9 Å². The fourth-order valence-electron chi connectivity index (χ4n) is 0.258. The molecule has 0 unspecified atom stereocenters. The van der Waals surface area contributed by atoms with Gasteiger partial charge in [-0.2, -0.15) is 0 Å². The Bertz CT molecular complexity index is 153. The topological polar surface area (TPSA) is 80.8 Å². The van der Waals surface area contributed by atoms with Gasteiger partial charge in [0, 0.05) is 13.1 Å². The van der Waals surface area contributed by atoms with Crippen molar-refractivity contribution in [2.24, 2.45) is 0 Å². The van der Waals surface area contributed by atoms with E-state index in [0.29, 0.717) is 0 Å². The number of carboxylic acids is 1. The molecule has 0 aromatic heterocycles. The molecule has 0 saturated heterocycles. The third-order valence-corrected chi connectivity index (χ3v) is 1.06. The minimum atomic E-state index is -0.833. The summed E-state index contributed by atoms with van der Waals surface area (Å²) in [6, 6.07) is 0. The van der Waals surface area contributed by atoms with E-state index in [9.17, 15) is 0 Å². The largest absolute Gasteiger partial charge is 2.00 e. The maximum Gasteiger partial charge on any atom is 2.00 e. The minimum Gasteiger partial charge on any atom is -1.00 e. The monoisotopic (exact) mass is 203 g/mol. The minimum absolute atomic E-state index is 0. The Morgan fingerprint density at radius 2 is 2.08 bits per heavy atom. The van der Waals surface area contributed by atoms with Crippen molar-refractivity contribution < 1.29 is 18.2 Å². The van der Waals surface area contributed by atoms with Gasteiger partial charge >= 0.3 is 23.1 Å². The van der Waals surface area contributed by atoms with Crippen molar-refractivity contribution in [1.82, 2.24) is 4.72 Å². The first-order chi connectivity index (χ1) is 4.73. The van der Waals surface area contributed by atoms with E-state index in [0.717, 1.165) is 6.92 Å². The van der Waals surface area contributed by atoms with Gasteiger partial charge in [0.1, 0.15) is 0 Å². The second-order valence-corrected chi connectivity index (χ2v) is 2.19. The summed E-state index contributed by atoms with van der Waals surface area (Å²) >= 11 is 1.58. The van der Waals surface area contributed by atoms with Crippen molar-refractivity contribution in [3.05, 3.63) is 23.8 Å². The smallest absolute Gasteiger partial charge is 1.00 e. The predicted octanol–water partition coefficient (Wildman–Crippen LogP) is 0.376. The van der Waals surface area contributed by atoms with E-state index in [-0.39, 0.29) is 31.4 Å². The van der Waals surface area contributed by atoms with E-state index in [2.05, 4.69) is 4.72 Å². The van der Waals surface area contributed by atoms with Crippen LogP contribution in [0.15, 0.2) is 23.8 Å². The van der Waals surface area contributed by atoms with Gasteiger partial charge in [-0.1, -0.05) is 6.08 Å². The summed E-state index contributed by atoms with van der Waals surface area (Å²) in [5, 5.41) is 9.40. The average Bonchev–Trinajstić information content (AvgIpc) is 1.90. The van der Waals surface area contributed by atoms with Crippen LogP contribution in [0.25, 0.3) is 0 Å². The maximum absolute atomic E-state index is 9.00. The quantitative estimate of drug-likeness (QED) is 0.440. The molecule has 0 atom stereocenters. The summed E-state index contributed by atoms with van der Waals surface area (Å²) in [5.74, 6) is -0.833. The van der Waals surface area contributed by atoms with E-state index >= 15 is 0 Å². The van der Waals surface area contributed by atoms with Crippen molar-refractivity contribution in [3.8, 4) is 0 Å². The summed E-state index contributed by atoms with van der Waals surface area (Å²) in [6.07, 6.45) is 5.84. The summed E-state index contributed by atoms with van der Waals surface area (Å²) in [7, 11) is 0. The Morgan fingerprint density at radius 3 is 2.17 bits per heavy atom. The number of rotatable bonds is 0. The standard InChI is InChI=1S/C4H5NS.C2H4O2.Mg.H2O.2H/c1-2-4-6-5-3-1;1-2(3)4;;;;/h1-5H;1H3,(H,3,4);;1H2;;/q;;+2;;2*-1. The molecule has 0 radical (unpaired) electrons. The van der Waals surface area contributed by atoms with Crippen LogP contribution in [0.3, 0.4) is 0 Å². The van der Waals surface area contributed by atoms with Gasteiger partial charge in [-0.15, -0.1) is 0 Å². The molecular weight excluding hydrogens is 190 g/mol. The van der Waals surface area contributed by atoms with Crippen LogP contribution < -0.4 is 4.72 Å². The zero-order chi connectivity index (χ0) is 7.82. The van der Waals surface area contributed by atoms with Crippen LogP contribution in [0.5, 0.6) is 0 Å². The second-order valence-electron chi connectivity index (χ2n) is 1.44. The average molecular weight is 204 g/mol. The molecule has 0 spiro atoms. The van der Waals surface area contributed by atoms with Crippen LogP contribution in [-0.2, 0) is 4.79 Å². The van der Waals surface area contributed by atoms with Crippen LogP contribution in [0.1, 0.15) is 9.78 Å². The zero-order valence-corrected chi connectivity index (χ0v) is 9.01. The first kappa shape index (κ1) is 17.8.